The van der Waals surface area contributed by atoms with E-state index < -0.39 is 0 Å². The van der Waals surface area contributed by atoms with E-state index in [4.69, 9.17) is 16.7 Å². The Morgan fingerprint density at radius 2 is 1.86 bits per heavy atom. The minimum absolute atomic E-state index is 0. The molecule has 1 aliphatic heterocycles. The molecule has 1 N–H and O–H groups in total. The van der Waals surface area contributed by atoms with Crippen molar-refractivity contribution < 1.29 is 0 Å². The lowest BCUT2D eigenvalue weighted by molar-refractivity contribution is 0.290. The van der Waals surface area contributed by atoms with Crippen molar-refractivity contribution in [2.75, 3.05) is 11.9 Å². The van der Waals surface area contributed by atoms with Gasteiger partial charge in [0.25, 0.3) is 0 Å². The van der Waals surface area contributed by atoms with E-state index >= 15 is 0 Å². The molecule has 1 aliphatic carbocycles. The van der Waals surface area contributed by atoms with E-state index in [1.54, 1.807) is 0 Å². The van der Waals surface area contributed by atoms with E-state index in [0.29, 0.717) is 0 Å². The van der Waals surface area contributed by atoms with Gasteiger partial charge in [0.2, 0.25) is 0 Å². The van der Waals surface area contributed by atoms with E-state index in [0.717, 1.165) is 18.1 Å². The number of nitrogens with one attached hydrogen (secondary N) is 1. The fraction of sp³-hybridized carbons (Fsp3) is 0.471. The minimum Gasteiger partial charge on any atom is -0.370 e. The highest BCUT2D eigenvalue weighted by Crippen LogP contribution is 2.49. The molecular formula is C17H21Cl2N3. The van der Waals surface area contributed by atoms with Gasteiger partial charge in [-0.05, 0) is 43.4 Å². The Balaban J connectivity index is 0.00000144. The van der Waals surface area contributed by atoms with Gasteiger partial charge in [0.05, 0.1) is 5.69 Å². The van der Waals surface area contributed by atoms with E-state index in [2.05, 4.69) is 28.2 Å². The van der Waals surface area contributed by atoms with Crippen LogP contribution in [-0.2, 0) is 12.0 Å². The van der Waals surface area contributed by atoms with Crippen molar-refractivity contribution in [3.05, 3.63) is 46.6 Å². The van der Waals surface area contributed by atoms with Crippen molar-refractivity contribution in [3.63, 3.8) is 0 Å². The fourth-order valence-electron chi connectivity index (χ4n) is 3.56. The lowest BCUT2D eigenvalue weighted by atomic mass is 9.62. The van der Waals surface area contributed by atoms with Crippen LogP contribution in [0.25, 0.3) is 0 Å². The summed E-state index contributed by atoms with van der Waals surface area (Å²) < 4.78 is 2.15. The van der Waals surface area contributed by atoms with Gasteiger partial charge >= 0.3 is 0 Å². The molecular weight excluding hydrogens is 317 g/mol. The van der Waals surface area contributed by atoms with Gasteiger partial charge in [0.15, 0.2) is 0 Å². The van der Waals surface area contributed by atoms with Crippen LogP contribution in [0.4, 0.5) is 5.82 Å². The molecule has 0 bridgehead atoms. The van der Waals surface area contributed by atoms with Crippen molar-refractivity contribution in [3.8, 4) is 0 Å². The van der Waals surface area contributed by atoms with Crippen LogP contribution in [-0.4, -0.2) is 16.3 Å². The highest BCUT2D eigenvalue weighted by molar-refractivity contribution is 6.30. The Bertz CT molecular complexity index is 621. The Morgan fingerprint density at radius 3 is 2.55 bits per heavy atom. The van der Waals surface area contributed by atoms with E-state index in [1.807, 2.05) is 12.1 Å². The molecule has 0 radical (unpaired) electrons. The number of anilines is 1. The molecule has 1 aromatic carbocycles. The van der Waals surface area contributed by atoms with Crippen LogP contribution in [0.2, 0.25) is 5.02 Å². The molecule has 2 heterocycles. The highest BCUT2D eigenvalue weighted by atomic mass is 35.5. The molecule has 22 heavy (non-hydrogen) atoms. The maximum atomic E-state index is 6.04. The topological polar surface area (TPSA) is 29.9 Å². The largest absolute Gasteiger partial charge is 0.370 e. The number of aryl methyl sites for hydroxylation is 1. The first kappa shape index (κ1) is 15.7. The molecule has 1 saturated carbocycles. The van der Waals surface area contributed by atoms with Gasteiger partial charge in [-0.2, -0.15) is 5.10 Å². The lowest BCUT2D eigenvalue weighted by Gasteiger charge is -2.41. The number of halogens is 2. The molecule has 118 valence electrons. The first-order chi connectivity index (χ1) is 10.3. The van der Waals surface area contributed by atoms with Gasteiger partial charge in [-0.3, -0.25) is 0 Å². The fourth-order valence-corrected chi connectivity index (χ4v) is 3.68. The van der Waals surface area contributed by atoms with Crippen LogP contribution in [0.15, 0.2) is 30.3 Å². The number of aromatic nitrogens is 2. The Kier molecular flexibility index (Phi) is 4.37. The summed E-state index contributed by atoms with van der Waals surface area (Å²) in [6.45, 7) is 2.08. The third-order valence-electron chi connectivity index (χ3n) is 4.98. The third-order valence-corrected chi connectivity index (χ3v) is 5.23. The van der Waals surface area contributed by atoms with Crippen molar-refractivity contribution in [1.29, 1.82) is 0 Å². The lowest BCUT2D eigenvalue weighted by Crippen LogP contribution is -2.36. The molecule has 5 heteroatoms. The number of hydrogen-bond donors (Lipinski definition) is 1. The average Bonchev–Trinajstić information content (AvgIpc) is 2.71. The maximum Gasteiger partial charge on any atom is 0.124 e. The standard InChI is InChI=1S/C17H20ClN3.ClH/c18-14-6-4-13(5-7-14)17(8-3-9-17)15-12-16-19-10-1-2-11-21(16)20-15;/h4-7,12,19H,1-3,8-11H2;1H. The molecule has 3 nitrogen and oxygen atoms in total. The summed E-state index contributed by atoms with van der Waals surface area (Å²) in [6.07, 6.45) is 6.07. The van der Waals surface area contributed by atoms with Crippen LogP contribution in [0.3, 0.4) is 0 Å². The van der Waals surface area contributed by atoms with Gasteiger partial charge in [0, 0.05) is 29.6 Å². The highest BCUT2D eigenvalue weighted by Gasteiger charge is 2.42. The SMILES string of the molecule is Cl.Clc1ccc(C2(c3cc4n(n3)CCCCN4)CCC2)cc1. The second-order valence-electron chi connectivity index (χ2n) is 6.21. The number of rotatable bonds is 2. The van der Waals surface area contributed by atoms with Gasteiger partial charge in [-0.15, -0.1) is 12.4 Å². The van der Waals surface area contributed by atoms with E-state index in [9.17, 15) is 0 Å². The van der Waals surface area contributed by atoms with Gasteiger partial charge in [0.1, 0.15) is 5.82 Å². The number of benzene rings is 1. The van der Waals surface area contributed by atoms with Crippen molar-refractivity contribution in [2.45, 2.75) is 44.1 Å². The van der Waals surface area contributed by atoms with Gasteiger partial charge in [-0.25, -0.2) is 4.68 Å². The second-order valence-corrected chi connectivity index (χ2v) is 6.65. The van der Waals surface area contributed by atoms with Crippen LogP contribution in [0.1, 0.15) is 43.4 Å². The van der Waals surface area contributed by atoms with E-state index in [-0.39, 0.29) is 17.8 Å². The summed E-state index contributed by atoms with van der Waals surface area (Å²) in [7, 11) is 0. The summed E-state index contributed by atoms with van der Waals surface area (Å²) in [5, 5.41) is 9.23. The van der Waals surface area contributed by atoms with Crippen LogP contribution in [0.5, 0.6) is 0 Å². The van der Waals surface area contributed by atoms with Crippen molar-refractivity contribution in [2.24, 2.45) is 0 Å². The third kappa shape index (κ3) is 2.50. The first-order valence-corrected chi connectivity index (χ1v) is 8.24. The number of hydrogen-bond acceptors (Lipinski definition) is 2. The molecule has 2 aliphatic rings. The van der Waals surface area contributed by atoms with Crippen LogP contribution in [0, 0.1) is 0 Å². The summed E-state index contributed by atoms with van der Waals surface area (Å²) in [5.41, 5.74) is 2.68. The molecule has 0 amide bonds. The quantitative estimate of drug-likeness (QED) is 0.865. The normalized spacial score (nSPS) is 19.1. The molecule has 0 unspecified atom stereocenters. The number of nitrogens with zero attached hydrogens (tertiary/aromatic N) is 2. The molecule has 0 atom stereocenters. The van der Waals surface area contributed by atoms with Crippen LogP contribution < -0.4 is 5.32 Å². The zero-order chi connectivity index (χ0) is 14.3. The van der Waals surface area contributed by atoms with Crippen molar-refractivity contribution in [1.82, 2.24) is 9.78 Å². The van der Waals surface area contributed by atoms with E-state index in [1.165, 1.54) is 49.2 Å². The van der Waals surface area contributed by atoms with Crippen LogP contribution >= 0.6 is 24.0 Å². The molecule has 4 rings (SSSR count). The smallest absolute Gasteiger partial charge is 0.124 e. The Labute approximate surface area is 142 Å². The summed E-state index contributed by atoms with van der Waals surface area (Å²) in [4.78, 5) is 0. The predicted molar refractivity (Wildman–Crippen MR) is 93.3 cm³/mol. The monoisotopic (exact) mass is 337 g/mol. The second kappa shape index (κ2) is 6.13. The number of fused-ring (bicyclic) bond motifs is 1. The van der Waals surface area contributed by atoms with Gasteiger partial charge < -0.3 is 5.32 Å². The first-order valence-electron chi connectivity index (χ1n) is 7.86. The average molecular weight is 338 g/mol. The van der Waals surface area contributed by atoms with Gasteiger partial charge in [-0.1, -0.05) is 30.2 Å². The summed E-state index contributed by atoms with van der Waals surface area (Å²) >= 11 is 6.04. The zero-order valence-electron chi connectivity index (χ0n) is 12.5. The molecule has 1 fully saturated rings. The Morgan fingerprint density at radius 1 is 1.09 bits per heavy atom. The molecule has 2 aromatic rings. The predicted octanol–water partition coefficient (Wildman–Crippen LogP) is 4.63. The Hall–Kier alpha value is -1.19. The zero-order valence-corrected chi connectivity index (χ0v) is 14.1. The maximum absolute atomic E-state index is 6.04. The molecule has 0 saturated heterocycles. The molecule has 1 aromatic heterocycles. The summed E-state index contributed by atoms with van der Waals surface area (Å²) in [5.74, 6) is 1.18. The summed E-state index contributed by atoms with van der Waals surface area (Å²) in [6, 6.07) is 10.6. The molecule has 0 spiro atoms. The minimum atomic E-state index is 0. The van der Waals surface area contributed by atoms with Crippen molar-refractivity contribution >= 4 is 29.8 Å².